The normalized spacial score (nSPS) is 10.9. The van der Waals surface area contributed by atoms with Crippen molar-refractivity contribution in [3.8, 4) is 146 Å². The molecule has 0 atom stereocenters. The highest BCUT2D eigenvalue weighted by Gasteiger charge is 2.17. The van der Waals surface area contributed by atoms with E-state index in [4.69, 9.17) is 19.9 Å². The molecule has 18 aromatic rings. The molecule has 6 nitrogen and oxygen atoms in total. The van der Waals surface area contributed by atoms with Gasteiger partial charge >= 0.3 is 0 Å². The highest BCUT2D eigenvalue weighted by molar-refractivity contribution is 5.98. The Hall–Kier alpha value is -13.9. The minimum Gasteiger partial charge on any atom is -0.264 e. The molecule has 496 valence electrons. The lowest BCUT2D eigenvalue weighted by Crippen LogP contribution is -1.96. The minimum absolute atomic E-state index is 0.691. The molecule has 0 fully saturated rings. The van der Waals surface area contributed by atoms with Gasteiger partial charge in [0.05, 0.1) is 17.1 Å². The topological polar surface area (TPSA) is 77.3 Å². The van der Waals surface area contributed by atoms with E-state index < -0.39 is 0 Å². The quantitative estimate of drug-likeness (QED) is 0.114. The standard InChI is InChI=1S/2C43H29N3.C13H12/c1-2-9-30(10-3-1)31-18-22-34(23-19-31)41-28-42(37-14-6-13-36(27-37)38-15-8-26-44-29-38)46-43(45-41)35-24-20-33(21-25-35)40-17-7-12-32-11-4-5-16-39(32)40;1-2-9-30(10-3-1)31-18-20-34(21-19-31)41-29-45-43(46-42(41)37-14-6-13-36(27-37)38-15-8-26-44-28-38)35-24-22-33(23-25-35)40-17-7-12-32-11-4-5-16-39(32)40;1-11-7-9-13(10-8-11)12-5-3-2-4-6-12/h2*1-29H;2-10H,1H3. The van der Waals surface area contributed by atoms with Crippen LogP contribution in [0.15, 0.2) is 407 Å². The van der Waals surface area contributed by atoms with Crippen LogP contribution in [0.5, 0.6) is 0 Å². The van der Waals surface area contributed by atoms with Gasteiger partial charge in [0.15, 0.2) is 11.6 Å². The first-order valence-corrected chi connectivity index (χ1v) is 35.3. The van der Waals surface area contributed by atoms with Crippen LogP contribution in [-0.4, -0.2) is 29.9 Å². The van der Waals surface area contributed by atoms with Crippen LogP contribution in [0.3, 0.4) is 0 Å². The second kappa shape index (κ2) is 30.9. The van der Waals surface area contributed by atoms with Crippen molar-refractivity contribution in [2.45, 2.75) is 6.92 Å². The van der Waals surface area contributed by atoms with Crippen LogP contribution in [0.1, 0.15) is 5.56 Å². The van der Waals surface area contributed by atoms with E-state index in [1.165, 1.54) is 77.2 Å². The molecule has 0 unspecified atom stereocenters. The van der Waals surface area contributed by atoms with Gasteiger partial charge in [-0.3, -0.25) is 9.97 Å². The third-order valence-corrected chi connectivity index (χ3v) is 19.0. The first-order valence-electron chi connectivity index (χ1n) is 35.3. The number of nitrogens with zero attached hydrogens (tertiary/aromatic N) is 6. The molecule has 18 rings (SSSR count). The molecular weight excluding hydrogens is 1270 g/mol. The maximum atomic E-state index is 5.23. The van der Waals surface area contributed by atoms with Crippen LogP contribution in [0.2, 0.25) is 0 Å². The van der Waals surface area contributed by atoms with Crippen molar-refractivity contribution in [1.82, 2.24) is 29.9 Å². The second-order valence-corrected chi connectivity index (χ2v) is 25.9. The fraction of sp³-hybridized carbons (Fsp3) is 0.0101. The Balaban J connectivity index is 0.000000138. The van der Waals surface area contributed by atoms with Gasteiger partial charge < -0.3 is 0 Å². The van der Waals surface area contributed by atoms with Crippen molar-refractivity contribution in [2.24, 2.45) is 0 Å². The molecule has 0 radical (unpaired) electrons. The van der Waals surface area contributed by atoms with Crippen molar-refractivity contribution < 1.29 is 0 Å². The Labute approximate surface area is 612 Å². The maximum absolute atomic E-state index is 5.23. The number of aromatic nitrogens is 6. The van der Waals surface area contributed by atoms with E-state index in [0.717, 1.165) is 83.8 Å². The van der Waals surface area contributed by atoms with Crippen molar-refractivity contribution >= 4 is 21.5 Å². The minimum atomic E-state index is 0.691. The molecule has 0 aliphatic rings. The first-order chi connectivity index (χ1) is 51.9. The van der Waals surface area contributed by atoms with Gasteiger partial charge in [-0.1, -0.05) is 351 Å². The lowest BCUT2D eigenvalue weighted by molar-refractivity contribution is 1.18. The van der Waals surface area contributed by atoms with Gasteiger partial charge in [0.1, 0.15) is 0 Å². The molecule has 0 saturated carbocycles. The van der Waals surface area contributed by atoms with Crippen molar-refractivity contribution in [2.75, 3.05) is 0 Å². The van der Waals surface area contributed by atoms with E-state index in [0.29, 0.717) is 11.6 Å². The van der Waals surface area contributed by atoms with Crippen LogP contribution >= 0.6 is 0 Å². The molecule has 6 heteroatoms. The predicted molar refractivity (Wildman–Crippen MR) is 437 cm³/mol. The summed E-state index contributed by atoms with van der Waals surface area (Å²) < 4.78 is 0. The number of pyridine rings is 2. The Morgan fingerprint density at radius 2 is 0.543 bits per heavy atom. The zero-order chi connectivity index (χ0) is 70.5. The van der Waals surface area contributed by atoms with Crippen molar-refractivity contribution in [3.05, 3.63) is 413 Å². The Bertz CT molecular complexity index is 5950. The molecule has 0 aliphatic heterocycles. The summed E-state index contributed by atoms with van der Waals surface area (Å²) >= 11 is 0. The van der Waals surface area contributed by atoms with Crippen LogP contribution in [-0.2, 0) is 0 Å². The third kappa shape index (κ3) is 15.1. The molecule has 0 bridgehead atoms. The molecule has 14 aromatic carbocycles. The number of hydrogen-bond acceptors (Lipinski definition) is 6. The molecule has 4 aromatic heterocycles. The summed E-state index contributed by atoms with van der Waals surface area (Å²) in [5, 5.41) is 4.95. The Kier molecular flexibility index (Phi) is 19.3. The van der Waals surface area contributed by atoms with Gasteiger partial charge in [0, 0.05) is 75.5 Å². The zero-order valence-electron chi connectivity index (χ0n) is 57.9. The average Bonchev–Trinajstić information content (AvgIpc) is 0.790. The van der Waals surface area contributed by atoms with Crippen LogP contribution < -0.4 is 0 Å². The van der Waals surface area contributed by atoms with Crippen LogP contribution in [0, 0.1) is 6.92 Å². The molecule has 0 amide bonds. The number of hydrogen-bond donors (Lipinski definition) is 0. The number of fused-ring (bicyclic) bond motifs is 2. The summed E-state index contributed by atoms with van der Waals surface area (Å²) in [5.74, 6) is 1.38. The fourth-order valence-corrected chi connectivity index (χ4v) is 13.5. The van der Waals surface area contributed by atoms with E-state index in [-0.39, 0.29) is 0 Å². The highest BCUT2D eigenvalue weighted by Crippen LogP contribution is 2.39. The van der Waals surface area contributed by atoms with E-state index in [9.17, 15) is 0 Å². The van der Waals surface area contributed by atoms with Gasteiger partial charge in [-0.05, 0) is 131 Å². The van der Waals surface area contributed by atoms with E-state index in [1.54, 1.807) is 12.4 Å². The molecule has 4 heterocycles. The van der Waals surface area contributed by atoms with Crippen LogP contribution in [0.25, 0.3) is 167 Å². The predicted octanol–water partition coefficient (Wildman–Crippen LogP) is 25.7. The lowest BCUT2D eigenvalue weighted by Gasteiger charge is -2.13. The number of aryl methyl sites for hydroxylation is 1. The largest absolute Gasteiger partial charge is 0.264 e. The van der Waals surface area contributed by atoms with Crippen molar-refractivity contribution in [1.29, 1.82) is 0 Å². The molecule has 105 heavy (non-hydrogen) atoms. The Morgan fingerprint density at radius 3 is 1.03 bits per heavy atom. The van der Waals surface area contributed by atoms with Gasteiger partial charge in [-0.15, -0.1) is 0 Å². The fourth-order valence-electron chi connectivity index (χ4n) is 13.5. The van der Waals surface area contributed by atoms with Gasteiger partial charge in [-0.2, -0.15) is 0 Å². The average molecular weight is 1340 g/mol. The van der Waals surface area contributed by atoms with E-state index in [1.807, 2.05) is 48.9 Å². The molecular formula is C99H70N6. The van der Waals surface area contributed by atoms with Crippen molar-refractivity contribution in [3.63, 3.8) is 0 Å². The van der Waals surface area contributed by atoms with Crippen LogP contribution in [0.4, 0.5) is 0 Å². The Morgan fingerprint density at radius 1 is 0.200 bits per heavy atom. The monoisotopic (exact) mass is 1340 g/mol. The molecule has 0 spiro atoms. The summed E-state index contributed by atoms with van der Waals surface area (Å²) in [6.45, 7) is 2.11. The molecule has 0 aliphatic carbocycles. The van der Waals surface area contributed by atoms with Gasteiger partial charge in [0.25, 0.3) is 0 Å². The van der Waals surface area contributed by atoms with Gasteiger partial charge in [-0.25, -0.2) is 19.9 Å². The summed E-state index contributed by atoms with van der Waals surface area (Å²) in [4.78, 5) is 29.0. The SMILES string of the molecule is Cc1ccc(-c2ccccc2)cc1.c1ccc(-c2ccc(-c3cc(-c4cccc(-c5cccnc5)c4)nc(-c4ccc(-c5cccc6ccccc56)cc4)n3)cc2)cc1.c1ccc(-c2ccc(-c3cnc(-c4ccc(-c5cccc6ccccc56)cc4)nc3-c3cccc(-c4cccnc4)c3)cc2)cc1. The summed E-state index contributed by atoms with van der Waals surface area (Å²) in [7, 11) is 0. The number of rotatable bonds is 13. The van der Waals surface area contributed by atoms with E-state index in [2.05, 4.69) is 363 Å². The highest BCUT2D eigenvalue weighted by atomic mass is 14.9. The van der Waals surface area contributed by atoms with Gasteiger partial charge in [0.2, 0.25) is 0 Å². The smallest absolute Gasteiger partial charge is 0.160 e. The molecule has 0 saturated heterocycles. The summed E-state index contributed by atoms with van der Waals surface area (Å²) in [6.07, 6.45) is 9.34. The summed E-state index contributed by atoms with van der Waals surface area (Å²) in [6, 6.07) is 131. The maximum Gasteiger partial charge on any atom is 0.160 e. The number of benzene rings is 14. The lowest BCUT2D eigenvalue weighted by atomic mass is 9.95. The first kappa shape index (κ1) is 65.7. The zero-order valence-corrected chi connectivity index (χ0v) is 57.9. The summed E-state index contributed by atoms with van der Waals surface area (Å²) in [5.41, 5.74) is 27.4. The third-order valence-electron chi connectivity index (χ3n) is 19.0. The van der Waals surface area contributed by atoms with E-state index >= 15 is 0 Å². The second-order valence-electron chi connectivity index (χ2n) is 25.9. The molecule has 0 N–H and O–H groups in total.